The Morgan fingerprint density at radius 3 is 2.67 bits per heavy atom. The van der Waals surface area contributed by atoms with E-state index >= 15 is 0 Å². The van der Waals surface area contributed by atoms with Gasteiger partial charge < -0.3 is 4.74 Å². The van der Waals surface area contributed by atoms with Crippen molar-refractivity contribution in [1.29, 1.82) is 0 Å². The van der Waals surface area contributed by atoms with E-state index in [1.54, 1.807) is 23.9 Å². The second-order valence-corrected chi connectivity index (χ2v) is 7.07. The number of fused-ring (bicyclic) bond motifs is 6. The Hall–Kier alpha value is -2.66. The molecule has 0 fully saturated rings. The van der Waals surface area contributed by atoms with Crippen molar-refractivity contribution in [3.63, 3.8) is 0 Å². The van der Waals surface area contributed by atoms with Crippen molar-refractivity contribution in [3.05, 3.63) is 63.6 Å². The maximum absolute atomic E-state index is 12.0. The zero-order valence-corrected chi connectivity index (χ0v) is 13.2. The SMILES string of the molecule is O=C1C=C2Sc3ccc4c5c(ccc4c3CC2=CC1)C(=O)OC5=O. The molecule has 2 aliphatic heterocycles. The average molecular weight is 334 g/mol. The lowest BCUT2D eigenvalue weighted by molar-refractivity contribution is -0.113. The zero-order chi connectivity index (χ0) is 16.4. The summed E-state index contributed by atoms with van der Waals surface area (Å²) >= 11 is 1.58. The fourth-order valence-corrected chi connectivity index (χ4v) is 4.65. The molecule has 116 valence electrons. The molecule has 0 N–H and O–H groups in total. The first-order valence-electron chi connectivity index (χ1n) is 7.59. The summed E-state index contributed by atoms with van der Waals surface area (Å²) in [6, 6.07) is 7.37. The van der Waals surface area contributed by atoms with E-state index in [1.165, 1.54) is 0 Å². The molecule has 2 aromatic rings. The minimum atomic E-state index is -0.581. The second kappa shape index (κ2) is 4.68. The first-order valence-corrected chi connectivity index (χ1v) is 8.40. The summed E-state index contributed by atoms with van der Waals surface area (Å²) in [5.41, 5.74) is 2.97. The van der Waals surface area contributed by atoms with Crippen molar-refractivity contribution in [2.75, 3.05) is 0 Å². The van der Waals surface area contributed by atoms with Crippen LogP contribution in [-0.2, 0) is 16.0 Å². The van der Waals surface area contributed by atoms with Gasteiger partial charge in [-0.1, -0.05) is 30.0 Å². The molecule has 0 spiro atoms. The molecule has 2 aromatic carbocycles. The van der Waals surface area contributed by atoms with Crippen LogP contribution in [0.4, 0.5) is 0 Å². The third-order valence-electron chi connectivity index (χ3n) is 4.62. The predicted octanol–water partition coefficient (Wildman–Crippen LogP) is 3.58. The van der Waals surface area contributed by atoms with Crippen molar-refractivity contribution in [3.8, 4) is 0 Å². The first kappa shape index (κ1) is 13.7. The van der Waals surface area contributed by atoms with Crippen LogP contribution in [0.1, 0.15) is 32.7 Å². The monoisotopic (exact) mass is 334 g/mol. The van der Waals surface area contributed by atoms with Gasteiger partial charge in [0.05, 0.1) is 11.1 Å². The maximum Gasteiger partial charge on any atom is 0.347 e. The summed E-state index contributed by atoms with van der Waals surface area (Å²) in [4.78, 5) is 37.5. The Labute approximate surface area is 141 Å². The topological polar surface area (TPSA) is 60.4 Å². The minimum Gasteiger partial charge on any atom is -0.386 e. The van der Waals surface area contributed by atoms with E-state index in [-0.39, 0.29) is 5.78 Å². The van der Waals surface area contributed by atoms with Crippen molar-refractivity contribution in [2.45, 2.75) is 17.7 Å². The predicted molar refractivity (Wildman–Crippen MR) is 89.0 cm³/mol. The van der Waals surface area contributed by atoms with Crippen LogP contribution < -0.4 is 0 Å². The van der Waals surface area contributed by atoms with E-state index in [2.05, 4.69) is 0 Å². The van der Waals surface area contributed by atoms with Crippen molar-refractivity contribution >= 4 is 40.3 Å². The summed E-state index contributed by atoms with van der Waals surface area (Å²) < 4.78 is 4.74. The van der Waals surface area contributed by atoms with Crippen LogP contribution in [0.15, 0.2) is 51.8 Å². The van der Waals surface area contributed by atoms with Crippen LogP contribution in [0.5, 0.6) is 0 Å². The summed E-state index contributed by atoms with van der Waals surface area (Å²) in [5.74, 6) is -1.03. The van der Waals surface area contributed by atoms with E-state index in [0.29, 0.717) is 17.5 Å². The van der Waals surface area contributed by atoms with Crippen LogP contribution in [-0.4, -0.2) is 17.7 Å². The Bertz CT molecular complexity index is 1060. The molecule has 3 aliphatic rings. The number of cyclic esters (lactones) is 2. The van der Waals surface area contributed by atoms with Gasteiger partial charge >= 0.3 is 11.9 Å². The Morgan fingerprint density at radius 1 is 0.958 bits per heavy atom. The van der Waals surface area contributed by atoms with E-state index < -0.39 is 11.9 Å². The second-order valence-electron chi connectivity index (χ2n) is 5.99. The summed E-state index contributed by atoms with van der Waals surface area (Å²) in [6.45, 7) is 0. The van der Waals surface area contributed by atoms with Gasteiger partial charge in [0.15, 0.2) is 5.78 Å². The van der Waals surface area contributed by atoms with Gasteiger partial charge in [-0.2, -0.15) is 0 Å². The number of carbonyl (C=O) groups excluding carboxylic acids is 3. The lowest BCUT2D eigenvalue weighted by Gasteiger charge is -2.24. The van der Waals surface area contributed by atoms with Crippen molar-refractivity contribution < 1.29 is 19.1 Å². The van der Waals surface area contributed by atoms with Crippen LogP contribution in [0.3, 0.4) is 0 Å². The number of benzene rings is 2. The first-order chi connectivity index (χ1) is 11.6. The molecule has 1 aliphatic carbocycles. The highest BCUT2D eigenvalue weighted by molar-refractivity contribution is 8.03. The third-order valence-corrected chi connectivity index (χ3v) is 5.83. The van der Waals surface area contributed by atoms with Gasteiger partial charge in [-0.25, -0.2) is 9.59 Å². The lowest BCUT2D eigenvalue weighted by Crippen LogP contribution is -2.09. The summed E-state index contributed by atoms with van der Waals surface area (Å²) in [5, 5.41) is 1.71. The van der Waals surface area contributed by atoms with Gasteiger partial charge in [-0.15, -0.1) is 0 Å². The Morgan fingerprint density at radius 2 is 1.79 bits per heavy atom. The molecular weight excluding hydrogens is 324 g/mol. The number of hydrogen-bond acceptors (Lipinski definition) is 5. The quantitative estimate of drug-likeness (QED) is 0.544. The number of rotatable bonds is 0. The number of hydrogen-bond donors (Lipinski definition) is 0. The molecule has 5 rings (SSSR count). The van der Waals surface area contributed by atoms with Crippen molar-refractivity contribution in [2.24, 2.45) is 0 Å². The third kappa shape index (κ3) is 1.79. The Kier molecular flexibility index (Phi) is 2.68. The average Bonchev–Trinajstić information content (AvgIpc) is 2.87. The fraction of sp³-hybridized carbons (Fsp3) is 0.105. The van der Waals surface area contributed by atoms with E-state index in [1.807, 2.05) is 24.3 Å². The molecule has 0 radical (unpaired) electrons. The van der Waals surface area contributed by atoms with Gasteiger partial charge in [0.2, 0.25) is 0 Å². The van der Waals surface area contributed by atoms with E-state index in [4.69, 9.17) is 4.74 Å². The fourth-order valence-electron chi connectivity index (χ4n) is 3.49. The molecule has 0 unspecified atom stereocenters. The molecule has 0 atom stereocenters. The molecule has 0 amide bonds. The largest absolute Gasteiger partial charge is 0.386 e. The molecule has 0 saturated carbocycles. The van der Waals surface area contributed by atoms with Gasteiger partial charge in [0, 0.05) is 16.2 Å². The lowest BCUT2D eigenvalue weighted by atomic mass is 9.92. The number of thioether (sulfide) groups is 1. The maximum atomic E-state index is 12.0. The number of ether oxygens (including phenoxy) is 1. The zero-order valence-electron chi connectivity index (χ0n) is 12.4. The van der Waals surface area contributed by atoms with Crippen LogP contribution in [0.25, 0.3) is 10.8 Å². The molecule has 24 heavy (non-hydrogen) atoms. The molecule has 5 heteroatoms. The number of esters is 2. The molecule has 0 saturated heterocycles. The van der Waals surface area contributed by atoms with Gasteiger partial charge in [-0.05, 0) is 46.5 Å². The number of allylic oxidation sites excluding steroid dienone is 3. The summed E-state index contributed by atoms with van der Waals surface area (Å²) in [6.07, 6.45) is 4.86. The van der Waals surface area contributed by atoms with Crippen LogP contribution in [0.2, 0.25) is 0 Å². The smallest absolute Gasteiger partial charge is 0.347 e. The summed E-state index contributed by atoms with van der Waals surface area (Å²) in [7, 11) is 0. The van der Waals surface area contributed by atoms with Crippen LogP contribution in [0, 0.1) is 0 Å². The number of ketones is 1. The van der Waals surface area contributed by atoms with Gasteiger partial charge in [0.1, 0.15) is 0 Å². The van der Waals surface area contributed by atoms with Crippen LogP contribution >= 0.6 is 11.8 Å². The highest BCUT2D eigenvalue weighted by atomic mass is 32.2. The molecule has 0 aromatic heterocycles. The standard InChI is InChI=1S/C19H10O4S/c20-10-2-1-9-7-14-11-3-4-13-17(19(22)23-18(13)21)12(11)5-6-15(14)24-16(9)8-10/h1,3-6,8H,2,7H2. The van der Waals surface area contributed by atoms with Crippen molar-refractivity contribution in [1.82, 2.24) is 0 Å². The normalized spacial score (nSPS) is 18.6. The Balaban J connectivity index is 1.76. The van der Waals surface area contributed by atoms with Gasteiger partial charge in [0.25, 0.3) is 0 Å². The molecule has 4 nitrogen and oxygen atoms in total. The van der Waals surface area contributed by atoms with E-state index in [9.17, 15) is 14.4 Å². The molecular formula is C19H10O4S. The molecule has 2 heterocycles. The van der Waals surface area contributed by atoms with E-state index in [0.717, 1.165) is 38.1 Å². The molecule has 0 bridgehead atoms. The highest BCUT2D eigenvalue weighted by Crippen LogP contribution is 2.46. The highest BCUT2D eigenvalue weighted by Gasteiger charge is 2.33. The number of carbonyl (C=O) groups is 3. The minimum absolute atomic E-state index is 0.129. The van der Waals surface area contributed by atoms with Gasteiger partial charge in [-0.3, -0.25) is 4.79 Å².